The summed E-state index contributed by atoms with van der Waals surface area (Å²) < 4.78 is 49.0. The highest BCUT2D eigenvalue weighted by Gasteiger charge is 2.43. The van der Waals surface area contributed by atoms with Crippen LogP contribution < -0.4 is 10.1 Å². The third kappa shape index (κ3) is 4.29. The molecule has 10 heteroatoms. The van der Waals surface area contributed by atoms with Crippen LogP contribution in [0.25, 0.3) is 10.9 Å². The molecule has 2 aromatic carbocycles. The summed E-state index contributed by atoms with van der Waals surface area (Å²) >= 11 is 12.1. The van der Waals surface area contributed by atoms with Crippen molar-refractivity contribution >= 4 is 45.8 Å². The summed E-state index contributed by atoms with van der Waals surface area (Å²) in [5.41, 5.74) is -1.44. The normalized spacial score (nSPS) is 13.9. The van der Waals surface area contributed by atoms with Gasteiger partial charge in [0.25, 0.3) is 11.7 Å². The zero-order valence-corrected chi connectivity index (χ0v) is 18.2. The number of nitrogens with zero attached hydrogens (tertiary/aromatic N) is 1. The number of benzene rings is 2. The van der Waals surface area contributed by atoms with Crippen molar-refractivity contribution < 1.29 is 27.5 Å². The zero-order chi connectivity index (χ0) is 23.2. The summed E-state index contributed by atoms with van der Waals surface area (Å²) in [7, 11) is 1.36. The van der Waals surface area contributed by atoms with Crippen LogP contribution >= 0.6 is 23.2 Å². The van der Waals surface area contributed by atoms with Crippen LogP contribution in [0.3, 0.4) is 0 Å². The van der Waals surface area contributed by atoms with E-state index in [1.165, 1.54) is 43.5 Å². The fourth-order valence-corrected chi connectivity index (χ4v) is 4.03. The van der Waals surface area contributed by atoms with E-state index in [1.54, 1.807) is 0 Å². The van der Waals surface area contributed by atoms with Crippen molar-refractivity contribution in [1.82, 2.24) is 9.88 Å². The molecule has 168 valence electrons. The Bertz CT molecular complexity index is 1230. The smallest absolute Gasteiger partial charge is 0.432 e. The lowest BCUT2D eigenvalue weighted by atomic mass is 10.0. The molecule has 5 nitrogen and oxygen atoms in total. The average Bonchev–Trinajstić information content (AvgIpc) is 3.48. The molecule has 4 rings (SSSR count). The van der Waals surface area contributed by atoms with Gasteiger partial charge in [0.1, 0.15) is 11.4 Å². The molecule has 32 heavy (non-hydrogen) atoms. The molecule has 1 aliphatic carbocycles. The molecule has 1 heterocycles. The molecule has 1 N–H and O–H groups in total. The van der Waals surface area contributed by atoms with Crippen LogP contribution in [0.4, 0.5) is 13.2 Å². The molecule has 0 aliphatic heterocycles. The number of hydrogen-bond acceptors (Lipinski definition) is 3. The maximum atomic E-state index is 14.3. The van der Waals surface area contributed by atoms with Crippen molar-refractivity contribution in [3.63, 3.8) is 0 Å². The van der Waals surface area contributed by atoms with E-state index in [0.29, 0.717) is 23.4 Å². The summed E-state index contributed by atoms with van der Waals surface area (Å²) in [5, 5.41) is 2.95. The molecular weight excluding hydrogens is 468 g/mol. The fourth-order valence-electron chi connectivity index (χ4n) is 3.56. The maximum absolute atomic E-state index is 14.3. The number of hydrogen-bond donors (Lipinski definition) is 1. The van der Waals surface area contributed by atoms with Crippen molar-refractivity contribution in [1.29, 1.82) is 0 Å². The first-order valence-corrected chi connectivity index (χ1v) is 10.4. The standard InChI is InChI=1S/C22H17Cl2F3N2O3/c1-32-14-6-7-17-15(9-14)18(19(30)21(31)28-13-4-5-13)20(22(25,26)27)29(17)10-11-2-3-12(23)8-16(11)24/h2-3,6-9,13H,4-5,10H2,1H3,(H,28,31). The minimum Gasteiger partial charge on any atom is -0.497 e. The summed E-state index contributed by atoms with van der Waals surface area (Å²) in [6, 6.07) is 8.50. The number of fused-ring (bicyclic) bond motifs is 1. The highest BCUT2D eigenvalue weighted by Crippen LogP contribution is 2.40. The van der Waals surface area contributed by atoms with Gasteiger partial charge in [0.2, 0.25) is 0 Å². The van der Waals surface area contributed by atoms with Crippen LogP contribution in [0.2, 0.25) is 10.0 Å². The van der Waals surface area contributed by atoms with Crippen LogP contribution in [0, 0.1) is 0 Å². The summed E-state index contributed by atoms with van der Waals surface area (Å²) in [6.07, 6.45) is -3.54. The molecule has 0 unspecified atom stereocenters. The van der Waals surface area contributed by atoms with Gasteiger partial charge in [-0.2, -0.15) is 13.2 Å². The predicted molar refractivity (Wildman–Crippen MR) is 115 cm³/mol. The average molecular weight is 485 g/mol. The highest BCUT2D eigenvalue weighted by molar-refractivity contribution is 6.45. The minimum absolute atomic E-state index is 0.0299. The van der Waals surface area contributed by atoms with Gasteiger partial charge < -0.3 is 14.6 Å². The number of amides is 1. The van der Waals surface area contributed by atoms with Gasteiger partial charge in [-0.25, -0.2) is 0 Å². The van der Waals surface area contributed by atoms with E-state index >= 15 is 0 Å². The molecule has 3 aromatic rings. The van der Waals surface area contributed by atoms with Gasteiger partial charge in [0.15, 0.2) is 0 Å². The molecule has 1 amide bonds. The van der Waals surface area contributed by atoms with Crippen molar-refractivity contribution in [2.45, 2.75) is 31.6 Å². The molecule has 1 aromatic heterocycles. The molecule has 0 spiro atoms. The number of carbonyl (C=O) groups is 2. The molecule has 1 aliphatic rings. The summed E-state index contributed by atoms with van der Waals surface area (Å²) in [4.78, 5) is 25.4. The summed E-state index contributed by atoms with van der Waals surface area (Å²) in [5.74, 6) is -2.06. The van der Waals surface area contributed by atoms with Crippen LogP contribution in [-0.4, -0.2) is 29.4 Å². The zero-order valence-electron chi connectivity index (χ0n) is 16.7. The van der Waals surface area contributed by atoms with Crippen LogP contribution in [-0.2, 0) is 17.5 Å². The quantitative estimate of drug-likeness (QED) is 0.372. The Hall–Kier alpha value is -2.71. The number of aromatic nitrogens is 1. The SMILES string of the molecule is COc1ccc2c(c1)c(C(=O)C(=O)NC1CC1)c(C(F)(F)F)n2Cc1ccc(Cl)cc1Cl. The number of methoxy groups -OCH3 is 1. The molecule has 1 saturated carbocycles. The molecule has 0 atom stereocenters. The number of Topliss-reactive ketones (excluding diaryl/α,β-unsaturated/α-hetero) is 1. The second-order valence-electron chi connectivity index (χ2n) is 7.50. The monoisotopic (exact) mass is 484 g/mol. The molecule has 0 saturated heterocycles. The Morgan fingerprint density at radius 1 is 1.16 bits per heavy atom. The highest BCUT2D eigenvalue weighted by atomic mass is 35.5. The Kier molecular flexibility index (Phi) is 5.85. The van der Waals surface area contributed by atoms with E-state index < -0.39 is 29.1 Å². The lowest BCUT2D eigenvalue weighted by molar-refractivity contribution is -0.143. The van der Waals surface area contributed by atoms with E-state index in [0.717, 1.165) is 4.57 Å². The third-order valence-electron chi connectivity index (χ3n) is 5.23. The minimum atomic E-state index is -4.92. The molecule has 0 bridgehead atoms. The second kappa shape index (κ2) is 8.33. The Labute approximate surface area is 191 Å². The topological polar surface area (TPSA) is 60.3 Å². The number of alkyl halides is 3. The number of ether oxygens (including phenoxy) is 1. The lowest BCUT2D eigenvalue weighted by Gasteiger charge is -2.15. The van der Waals surface area contributed by atoms with Gasteiger partial charge in [-0.05, 0) is 48.7 Å². The van der Waals surface area contributed by atoms with Gasteiger partial charge in [0.05, 0.1) is 12.7 Å². The first-order chi connectivity index (χ1) is 15.1. The van der Waals surface area contributed by atoms with E-state index in [1.807, 2.05) is 0 Å². The predicted octanol–water partition coefficient (Wildman–Crippen LogP) is 5.49. The van der Waals surface area contributed by atoms with Crippen LogP contribution in [0.5, 0.6) is 5.75 Å². The van der Waals surface area contributed by atoms with E-state index in [-0.39, 0.29) is 34.3 Å². The second-order valence-corrected chi connectivity index (χ2v) is 8.35. The number of halogens is 5. The maximum Gasteiger partial charge on any atom is 0.432 e. The number of ketones is 1. The Balaban J connectivity index is 1.95. The van der Waals surface area contributed by atoms with Gasteiger partial charge in [-0.15, -0.1) is 0 Å². The number of nitrogens with one attached hydrogen (secondary N) is 1. The van der Waals surface area contributed by atoms with Gasteiger partial charge >= 0.3 is 6.18 Å². The third-order valence-corrected chi connectivity index (χ3v) is 5.82. The van der Waals surface area contributed by atoms with Crippen molar-refractivity contribution in [2.75, 3.05) is 7.11 Å². The fraction of sp³-hybridized carbons (Fsp3) is 0.273. The number of rotatable bonds is 6. The lowest BCUT2D eigenvalue weighted by Crippen LogP contribution is -2.34. The summed E-state index contributed by atoms with van der Waals surface area (Å²) in [6.45, 7) is -0.287. The molecule has 1 fully saturated rings. The van der Waals surface area contributed by atoms with Crippen molar-refractivity contribution in [3.05, 3.63) is 63.3 Å². The van der Waals surface area contributed by atoms with E-state index in [2.05, 4.69) is 5.32 Å². The Morgan fingerprint density at radius 3 is 2.47 bits per heavy atom. The van der Waals surface area contributed by atoms with Gasteiger partial charge in [-0.1, -0.05) is 29.3 Å². The molecular formula is C22H17Cl2F3N2O3. The van der Waals surface area contributed by atoms with Gasteiger partial charge in [0, 0.05) is 33.5 Å². The van der Waals surface area contributed by atoms with Gasteiger partial charge in [-0.3, -0.25) is 9.59 Å². The van der Waals surface area contributed by atoms with Crippen LogP contribution in [0.1, 0.15) is 34.5 Å². The first-order valence-electron chi connectivity index (χ1n) is 9.66. The van der Waals surface area contributed by atoms with Crippen molar-refractivity contribution in [2.24, 2.45) is 0 Å². The Morgan fingerprint density at radius 2 is 1.88 bits per heavy atom. The van der Waals surface area contributed by atoms with Crippen LogP contribution in [0.15, 0.2) is 36.4 Å². The number of carbonyl (C=O) groups excluding carboxylic acids is 2. The van der Waals surface area contributed by atoms with E-state index in [9.17, 15) is 22.8 Å². The van der Waals surface area contributed by atoms with E-state index in [4.69, 9.17) is 27.9 Å². The first kappa shape index (κ1) is 22.5. The molecule has 0 radical (unpaired) electrons. The van der Waals surface area contributed by atoms with Crippen molar-refractivity contribution in [3.8, 4) is 5.75 Å². The largest absolute Gasteiger partial charge is 0.497 e.